The Morgan fingerprint density at radius 2 is 1.12 bits per heavy atom. The van der Waals surface area contributed by atoms with Gasteiger partial charge in [0, 0.05) is 0 Å². The highest BCUT2D eigenvalue weighted by molar-refractivity contribution is 5.91. The normalized spacial score (nSPS) is 13.0. The fourth-order valence-electron chi connectivity index (χ4n) is 3.84. The van der Waals surface area contributed by atoms with E-state index in [2.05, 4.69) is 11.7 Å². The highest BCUT2D eigenvalue weighted by atomic mass is 19.4. The molecule has 0 heterocycles. The molecule has 2 aromatic carbocycles. The Kier molecular flexibility index (Phi) is 12.2. The molecule has 0 aliphatic carbocycles. The molecule has 0 bridgehead atoms. The van der Waals surface area contributed by atoms with Gasteiger partial charge in [-0.2, -0.15) is 67.6 Å². The number of halogens is 13. The van der Waals surface area contributed by atoms with Crippen LogP contribution in [0.3, 0.4) is 0 Å². The number of unbranched alkanes of at least 4 members (excludes halogenated alkanes) is 5. The minimum absolute atomic E-state index is 0.00731. The zero-order chi connectivity index (χ0) is 36.8. The van der Waals surface area contributed by atoms with Crippen molar-refractivity contribution in [3.05, 3.63) is 53.1 Å². The lowest BCUT2D eigenvalue weighted by molar-refractivity contribution is -0.456. The molecule has 0 aliphatic heterocycles. The Labute approximate surface area is 263 Å². The molecule has 0 saturated carbocycles. The van der Waals surface area contributed by atoms with Gasteiger partial charge in [-0.15, -0.1) is 0 Å². The lowest BCUT2D eigenvalue weighted by Gasteiger charge is -2.39. The largest absolute Gasteiger partial charge is 0.492 e. The summed E-state index contributed by atoms with van der Waals surface area (Å²) < 4.78 is 187. The van der Waals surface area contributed by atoms with Crippen LogP contribution in [0.5, 0.6) is 17.2 Å². The van der Waals surface area contributed by atoms with E-state index in [1.807, 2.05) is 0 Å². The third kappa shape index (κ3) is 7.82. The van der Waals surface area contributed by atoms with Crippen LogP contribution in [0.2, 0.25) is 0 Å². The summed E-state index contributed by atoms with van der Waals surface area (Å²) in [6.45, 7) is 2.25. The molecule has 0 aliphatic rings. The van der Waals surface area contributed by atoms with E-state index in [0.29, 0.717) is 18.6 Å². The minimum Gasteiger partial charge on any atom is -0.492 e. The van der Waals surface area contributed by atoms with Crippen LogP contribution in [0.15, 0.2) is 36.4 Å². The summed E-state index contributed by atoms with van der Waals surface area (Å²) >= 11 is 0. The Hall–Kier alpha value is -4.42. The molecular weight excluding hydrogens is 687 g/mol. The molecule has 0 saturated heterocycles. The summed E-state index contributed by atoms with van der Waals surface area (Å²) in [5, 5.41) is 19.1. The number of ether oxygens (including phenoxy) is 3. The first-order chi connectivity index (χ1) is 22.0. The van der Waals surface area contributed by atoms with E-state index in [-0.39, 0.29) is 30.1 Å². The second kappa shape index (κ2) is 14.8. The van der Waals surface area contributed by atoms with Crippen molar-refractivity contribution < 1.29 is 76.1 Å². The molecule has 0 aromatic heterocycles. The zero-order valence-corrected chi connectivity index (χ0v) is 24.4. The van der Waals surface area contributed by atoms with Crippen molar-refractivity contribution >= 4 is 5.97 Å². The second-order valence-electron chi connectivity index (χ2n) is 9.98. The first kappa shape index (κ1) is 39.8. The zero-order valence-electron chi connectivity index (χ0n) is 24.4. The average molecular weight is 710 g/mol. The van der Waals surface area contributed by atoms with Gasteiger partial charge in [-0.3, -0.25) is 0 Å². The molecule has 19 heteroatoms. The molecule has 0 radical (unpaired) electrons. The molecule has 0 fully saturated rings. The highest BCUT2D eigenvalue weighted by Crippen LogP contribution is 2.60. The van der Waals surface area contributed by atoms with Gasteiger partial charge >= 0.3 is 41.9 Å². The maximum absolute atomic E-state index is 14.0. The summed E-state index contributed by atoms with van der Waals surface area (Å²) in [6.07, 6.45) is -8.78. The second-order valence-corrected chi connectivity index (χ2v) is 9.98. The number of nitriles is 2. The fourth-order valence-corrected chi connectivity index (χ4v) is 3.84. The van der Waals surface area contributed by atoms with Gasteiger partial charge in [0.05, 0.1) is 12.2 Å². The predicted molar refractivity (Wildman–Crippen MR) is 138 cm³/mol. The van der Waals surface area contributed by atoms with E-state index in [0.717, 1.165) is 38.2 Å². The minimum atomic E-state index is -8.09. The highest BCUT2D eigenvalue weighted by Gasteiger charge is 2.91. The van der Waals surface area contributed by atoms with Gasteiger partial charge in [0.25, 0.3) is 0 Å². The van der Waals surface area contributed by atoms with Crippen molar-refractivity contribution in [2.75, 3.05) is 6.61 Å². The number of esters is 1. The SMILES string of the molecule is CCCCCCCCOc1ccc(OC(=O)c2ccc(OC(F)(F)C(F)(F)C(F)(F)C(F)(F)C(F)(F)C(F)(F)F)cc2)c(C#N)c1C#N. The van der Waals surface area contributed by atoms with Crippen molar-refractivity contribution in [1.29, 1.82) is 10.5 Å². The topological polar surface area (TPSA) is 92.3 Å². The molecular formula is C29H23F13N2O4. The summed E-state index contributed by atoms with van der Waals surface area (Å²) in [6, 6.07) is 7.02. The van der Waals surface area contributed by atoms with Crippen molar-refractivity contribution in [3.8, 4) is 29.4 Å². The van der Waals surface area contributed by atoms with E-state index >= 15 is 0 Å². The molecule has 0 amide bonds. The van der Waals surface area contributed by atoms with Gasteiger partial charge in [-0.1, -0.05) is 39.0 Å². The van der Waals surface area contributed by atoms with E-state index < -0.39 is 64.6 Å². The van der Waals surface area contributed by atoms with E-state index in [4.69, 9.17) is 9.47 Å². The smallest absolute Gasteiger partial charge is 0.471 e. The third-order valence-corrected chi connectivity index (χ3v) is 6.55. The average Bonchev–Trinajstić information content (AvgIpc) is 2.99. The molecule has 0 N–H and O–H groups in total. The van der Waals surface area contributed by atoms with Gasteiger partial charge in [-0.05, 0) is 42.8 Å². The Bertz CT molecular complexity index is 1510. The van der Waals surface area contributed by atoms with Crippen LogP contribution in [0.1, 0.15) is 66.9 Å². The molecule has 264 valence electrons. The van der Waals surface area contributed by atoms with Crippen molar-refractivity contribution in [1.82, 2.24) is 0 Å². The van der Waals surface area contributed by atoms with Gasteiger partial charge < -0.3 is 14.2 Å². The van der Waals surface area contributed by atoms with Crippen molar-refractivity contribution in [3.63, 3.8) is 0 Å². The maximum atomic E-state index is 14.0. The summed E-state index contributed by atoms with van der Waals surface area (Å²) in [4.78, 5) is 12.6. The van der Waals surface area contributed by atoms with Crippen LogP contribution in [0.25, 0.3) is 0 Å². The van der Waals surface area contributed by atoms with Crippen LogP contribution >= 0.6 is 0 Å². The molecule has 2 rings (SSSR count). The summed E-state index contributed by atoms with van der Waals surface area (Å²) in [5.41, 5.74) is -1.39. The number of nitrogens with zero attached hydrogens (tertiary/aromatic N) is 2. The number of carbonyl (C=O) groups is 1. The van der Waals surface area contributed by atoms with E-state index in [1.54, 1.807) is 12.1 Å². The van der Waals surface area contributed by atoms with Crippen LogP contribution in [-0.2, 0) is 0 Å². The number of hydrogen-bond acceptors (Lipinski definition) is 6. The lowest BCUT2D eigenvalue weighted by Crippen LogP contribution is -2.70. The quantitative estimate of drug-likeness (QED) is 0.0746. The van der Waals surface area contributed by atoms with Crippen LogP contribution < -0.4 is 14.2 Å². The Balaban J connectivity index is 2.22. The number of rotatable bonds is 16. The number of hydrogen-bond donors (Lipinski definition) is 0. The van der Waals surface area contributed by atoms with Crippen LogP contribution in [0.4, 0.5) is 57.1 Å². The number of carbonyl (C=O) groups excluding carboxylic acids is 1. The molecule has 6 nitrogen and oxygen atoms in total. The van der Waals surface area contributed by atoms with Crippen molar-refractivity contribution in [2.45, 2.75) is 81.4 Å². The molecule has 0 unspecified atom stereocenters. The van der Waals surface area contributed by atoms with E-state index in [9.17, 15) is 72.4 Å². The molecule has 2 aromatic rings. The molecule has 48 heavy (non-hydrogen) atoms. The van der Waals surface area contributed by atoms with Gasteiger partial charge in [0.15, 0.2) is 5.75 Å². The monoisotopic (exact) mass is 710 g/mol. The molecule has 0 spiro atoms. The first-order valence-corrected chi connectivity index (χ1v) is 13.6. The van der Waals surface area contributed by atoms with Gasteiger partial charge in [0.2, 0.25) is 0 Å². The number of benzene rings is 2. The maximum Gasteiger partial charge on any atom is 0.471 e. The Morgan fingerprint density at radius 1 is 0.646 bits per heavy atom. The molecule has 0 atom stereocenters. The summed E-state index contributed by atoms with van der Waals surface area (Å²) in [5.74, 6) is -35.1. The van der Waals surface area contributed by atoms with Crippen LogP contribution in [0, 0.1) is 22.7 Å². The van der Waals surface area contributed by atoms with Crippen LogP contribution in [-0.4, -0.2) is 48.6 Å². The predicted octanol–water partition coefficient (Wildman–Crippen LogP) is 9.46. The standard InChI is InChI=1S/C29H23F13N2O4/c1-2-3-4-5-6-7-14-46-21-12-13-22(20(16-44)19(21)15-43)47-23(45)17-8-10-18(11-9-17)48-29(41,42)27(36,37)25(32,33)24(30,31)26(34,35)28(38,39)40/h8-13H,2-7,14H2,1H3. The summed E-state index contributed by atoms with van der Waals surface area (Å²) in [7, 11) is 0. The third-order valence-electron chi connectivity index (χ3n) is 6.55. The van der Waals surface area contributed by atoms with Crippen molar-refractivity contribution in [2.24, 2.45) is 0 Å². The Morgan fingerprint density at radius 3 is 1.65 bits per heavy atom. The van der Waals surface area contributed by atoms with Gasteiger partial charge in [0.1, 0.15) is 34.8 Å². The first-order valence-electron chi connectivity index (χ1n) is 13.6. The number of alkyl halides is 13. The van der Waals surface area contributed by atoms with Gasteiger partial charge in [-0.25, -0.2) is 4.79 Å². The lowest BCUT2D eigenvalue weighted by atomic mass is 9.97. The van der Waals surface area contributed by atoms with E-state index in [1.165, 1.54) is 6.07 Å². The fraction of sp³-hybridized carbons (Fsp3) is 0.483.